The molecule has 106 valence electrons. The monoisotopic (exact) mass is 297 g/mol. The zero-order chi connectivity index (χ0) is 14.2. The van der Waals surface area contributed by atoms with E-state index in [1.165, 1.54) is 10.6 Å². The second-order valence-electron chi connectivity index (χ2n) is 5.14. The number of H-pyrrole nitrogens is 1. The third-order valence-electron chi connectivity index (χ3n) is 3.84. The lowest BCUT2D eigenvalue weighted by atomic mass is 9.89. The summed E-state index contributed by atoms with van der Waals surface area (Å²) in [5, 5.41) is 11.5. The summed E-state index contributed by atoms with van der Waals surface area (Å²) >= 11 is 1.73. The van der Waals surface area contributed by atoms with Crippen molar-refractivity contribution in [3.8, 4) is 11.3 Å². The van der Waals surface area contributed by atoms with E-state index in [2.05, 4.69) is 27.4 Å². The number of nitrogens with zero attached hydrogens (tertiary/aromatic N) is 3. The summed E-state index contributed by atoms with van der Waals surface area (Å²) in [6.45, 7) is 2.22. The fraction of sp³-hybridized carbons (Fsp3) is 0.267. The Bertz CT molecular complexity index is 761. The highest BCUT2D eigenvalue weighted by Crippen LogP contribution is 2.44. The Morgan fingerprint density at radius 1 is 1.43 bits per heavy atom. The van der Waals surface area contributed by atoms with Crippen molar-refractivity contribution in [3.05, 3.63) is 41.2 Å². The molecule has 0 radical (unpaired) electrons. The molecule has 0 saturated heterocycles. The molecular formula is C15H15N5S. The Morgan fingerprint density at radius 3 is 3.19 bits per heavy atom. The SMILES string of the molecule is CCC1Cc2[nH]ncc2-c2nc(Nc3ccccn3)sc21. The van der Waals surface area contributed by atoms with Crippen molar-refractivity contribution >= 4 is 22.3 Å². The lowest BCUT2D eigenvalue weighted by Crippen LogP contribution is -2.08. The third kappa shape index (κ3) is 2.12. The number of anilines is 2. The first-order chi connectivity index (χ1) is 10.3. The summed E-state index contributed by atoms with van der Waals surface area (Å²) in [6.07, 6.45) is 5.78. The van der Waals surface area contributed by atoms with Crippen LogP contribution in [0.2, 0.25) is 0 Å². The molecule has 3 heterocycles. The summed E-state index contributed by atoms with van der Waals surface area (Å²) in [7, 11) is 0. The lowest BCUT2D eigenvalue weighted by molar-refractivity contribution is 0.651. The van der Waals surface area contributed by atoms with Gasteiger partial charge in [-0.3, -0.25) is 5.10 Å². The number of fused-ring (bicyclic) bond motifs is 3. The molecule has 3 aromatic rings. The van der Waals surface area contributed by atoms with Crippen molar-refractivity contribution in [2.75, 3.05) is 5.32 Å². The van der Waals surface area contributed by atoms with E-state index in [1.807, 2.05) is 24.4 Å². The van der Waals surface area contributed by atoms with Gasteiger partial charge in [0.25, 0.3) is 0 Å². The van der Waals surface area contributed by atoms with Gasteiger partial charge in [0.1, 0.15) is 5.82 Å². The minimum Gasteiger partial charge on any atom is -0.316 e. The van der Waals surface area contributed by atoms with Crippen LogP contribution in [0.5, 0.6) is 0 Å². The topological polar surface area (TPSA) is 66.5 Å². The van der Waals surface area contributed by atoms with Gasteiger partial charge < -0.3 is 5.32 Å². The normalized spacial score (nSPS) is 16.3. The van der Waals surface area contributed by atoms with Gasteiger partial charge in [-0.15, -0.1) is 11.3 Å². The van der Waals surface area contributed by atoms with E-state index < -0.39 is 0 Å². The molecule has 0 bridgehead atoms. The van der Waals surface area contributed by atoms with Gasteiger partial charge in [-0.25, -0.2) is 9.97 Å². The van der Waals surface area contributed by atoms with Crippen LogP contribution in [0.3, 0.4) is 0 Å². The van der Waals surface area contributed by atoms with Crippen LogP contribution in [0.15, 0.2) is 30.6 Å². The van der Waals surface area contributed by atoms with Crippen molar-refractivity contribution in [1.82, 2.24) is 20.2 Å². The number of hydrogen-bond donors (Lipinski definition) is 2. The molecule has 5 nitrogen and oxygen atoms in total. The maximum absolute atomic E-state index is 4.77. The quantitative estimate of drug-likeness (QED) is 0.773. The minimum absolute atomic E-state index is 0.518. The van der Waals surface area contributed by atoms with Gasteiger partial charge in [-0.2, -0.15) is 5.10 Å². The van der Waals surface area contributed by atoms with E-state index in [0.29, 0.717) is 5.92 Å². The molecule has 0 fully saturated rings. The van der Waals surface area contributed by atoms with Crippen molar-refractivity contribution in [1.29, 1.82) is 0 Å². The lowest BCUT2D eigenvalue weighted by Gasteiger charge is -2.19. The number of pyridine rings is 1. The highest BCUT2D eigenvalue weighted by atomic mass is 32.1. The standard InChI is InChI=1S/C15H15N5S/c1-2-9-7-11-10(8-17-20-11)13-14(9)21-15(19-13)18-12-5-3-4-6-16-12/h3-6,8-9H,2,7H2,1H3,(H,17,20)(H,16,18,19). The molecular weight excluding hydrogens is 282 g/mol. The van der Waals surface area contributed by atoms with Gasteiger partial charge in [0.2, 0.25) is 0 Å². The molecule has 3 aromatic heterocycles. The molecule has 1 aliphatic rings. The third-order valence-corrected chi connectivity index (χ3v) is 4.97. The number of thiazole rings is 1. The van der Waals surface area contributed by atoms with Crippen LogP contribution in [0.4, 0.5) is 10.9 Å². The van der Waals surface area contributed by atoms with Crippen LogP contribution in [0.25, 0.3) is 11.3 Å². The van der Waals surface area contributed by atoms with Crippen molar-refractivity contribution < 1.29 is 0 Å². The molecule has 0 aliphatic heterocycles. The van der Waals surface area contributed by atoms with Crippen LogP contribution in [0.1, 0.15) is 29.8 Å². The van der Waals surface area contributed by atoms with Crippen LogP contribution >= 0.6 is 11.3 Å². The van der Waals surface area contributed by atoms with Gasteiger partial charge in [0.05, 0.1) is 11.9 Å². The second-order valence-corrected chi connectivity index (χ2v) is 6.17. The van der Waals surface area contributed by atoms with Crippen LogP contribution in [0, 0.1) is 0 Å². The number of hydrogen-bond acceptors (Lipinski definition) is 5. The van der Waals surface area contributed by atoms with Crippen molar-refractivity contribution in [2.24, 2.45) is 0 Å². The fourth-order valence-corrected chi connectivity index (χ4v) is 3.91. The molecule has 0 spiro atoms. The van der Waals surface area contributed by atoms with Gasteiger partial charge in [0.15, 0.2) is 5.13 Å². The molecule has 1 unspecified atom stereocenters. The van der Waals surface area contributed by atoms with E-state index >= 15 is 0 Å². The minimum atomic E-state index is 0.518. The average molecular weight is 297 g/mol. The summed E-state index contributed by atoms with van der Waals surface area (Å²) in [5.41, 5.74) is 3.41. The molecule has 6 heteroatoms. The van der Waals surface area contributed by atoms with E-state index in [0.717, 1.165) is 35.0 Å². The van der Waals surface area contributed by atoms with Crippen molar-refractivity contribution in [3.63, 3.8) is 0 Å². The first-order valence-electron chi connectivity index (χ1n) is 7.06. The number of aromatic nitrogens is 4. The predicted molar refractivity (Wildman–Crippen MR) is 84.0 cm³/mol. The zero-order valence-electron chi connectivity index (χ0n) is 11.6. The molecule has 1 atom stereocenters. The number of aromatic amines is 1. The van der Waals surface area contributed by atoms with Gasteiger partial charge in [-0.05, 0) is 25.0 Å². The maximum Gasteiger partial charge on any atom is 0.189 e. The highest BCUT2D eigenvalue weighted by molar-refractivity contribution is 7.16. The first kappa shape index (κ1) is 12.5. The Kier molecular flexibility index (Phi) is 2.96. The largest absolute Gasteiger partial charge is 0.316 e. The maximum atomic E-state index is 4.77. The second kappa shape index (κ2) is 4.96. The summed E-state index contributed by atoms with van der Waals surface area (Å²) in [4.78, 5) is 10.4. The molecule has 0 aromatic carbocycles. The molecule has 0 amide bonds. The van der Waals surface area contributed by atoms with Crippen LogP contribution in [-0.2, 0) is 6.42 Å². The first-order valence-corrected chi connectivity index (χ1v) is 7.88. The Hall–Kier alpha value is -2.21. The molecule has 21 heavy (non-hydrogen) atoms. The molecule has 4 rings (SSSR count). The summed E-state index contributed by atoms with van der Waals surface area (Å²) in [6, 6.07) is 5.82. The Balaban J connectivity index is 1.74. The number of nitrogens with one attached hydrogen (secondary N) is 2. The van der Waals surface area contributed by atoms with Crippen molar-refractivity contribution in [2.45, 2.75) is 25.7 Å². The number of rotatable bonds is 3. The molecule has 2 N–H and O–H groups in total. The van der Waals surface area contributed by atoms with E-state index in [-0.39, 0.29) is 0 Å². The van der Waals surface area contributed by atoms with Crippen LogP contribution in [-0.4, -0.2) is 20.2 Å². The summed E-state index contributed by atoms with van der Waals surface area (Å²) in [5.74, 6) is 1.34. The summed E-state index contributed by atoms with van der Waals surface area (Å²) < 4.78 is 0. The van der Waals surface area contributed by atoms with Gasteiger partial charge >= 0.3 is 0 Å². The Morgan fingerprint density at radius 2 is 2.38 bits per heavy atom. The average Bonchev–Trinajstić information content (AvgIpc) is 3.12. The zero-order valence-corrected chi connectivity index (χ0v) is 12.4. The molecule has 0 saturated carbocycles. The van der Waals surface area contributed by atoms with E-state index in [4.69, 9.17) is 4.98 Å². The Labute approximate surface area is 126 Å². The smallest absolute Gasteiger partial charge is 0.189 e. The molecule has 1 aliphatic carbocycles. The van der Waals surface area contributed by atoms with Crippen LogP contribution < -0.4 is 5.32 Å². The van der Waals surface area contributed by atoms with Gasteiger partial charge in [-0.1, -0.05) is 13.0 Å². The highest BCUT2D eigenvalue weighted by Gasteiger charge is 2.29. The van der Waals surface area contributed by atoms with E-state index in [1.54, 1.807) is 17.5 Å². The fourth-order valence-electron chi connectivity index (χ4n) is 2.74. The van der Waals surface area contributed by atoms with Gasteiger partial charge in [0, 0.05) is 28.2 Å². The van der Waals surface area contributed by atoms with E-state index in [9.17, 15) is 0 Å². The predicted octanol–water partition coefficient (Wildman–Crippen LogP) is 3.72.